The van der Waals surface area contributed by atoms with Gasteiger partial charge in [0.2, 0.25) is 0 Å². The van der Waals surface area contributed by atoms with Crippen molar-refractivity contribution in [1.29, 1.82) is 0 Å². The zero-order valence-corrected chi connectivity index (χ0v) is 4.67. The van der Waals surface area contributed by atoms with Crippen molar-refractivity contribution in [2.45, 2.75) is 6.92 Å². The van der Waals surface area contributed by atoms with E-state index in [1.165, 1.54) is 6.92 Å². The van der Waals surface area contributed by atoms with E-state index >= 15 is 0 Å². The summed E-state index contributed by atoms with van der Waals surface area (Å²) >= 11 is 0. The summed E-state index contributed by atoms with van der Waals surface area (Å²) < 4.78 is 4.03. The lowest BCUT2D eigenvalue weighted by atomic mass is 10.8. The molecule has 0 fully saturated rings. The number of hydrogen-bond donors (Lipinski definition) is 0. The fraction of sp³-hybridized carbons (Fsp3) is 0.500. The molecule has 8 heavy (non-hydrogen) atoms. The first-order valence-electron chi connectivity index (χ1n) is 1.97. The van der Waals surface area contributed by atoms with Crippen molar-refractivity contribution in [1.82, 2.24) is 0 Å². The predicted molar refractivity (Wildman–Crippen MR) is 25.5 cm³/mol. The second-order valence-corrected chi connectivity index (χ2v) is 1.10. The highest BCUT2D eigenvalue weighted by atomic mass is 16.5. The van der Waals surface area contributed by atoms with Crippen LogP contribution in [0, 0.1) is 0 Å². The van der Waals surface area contributed by atoms with Crippen LogP contribution in [0.25, 0.3) is 0 Å². The lowest BCUT2D eigenvalue weighted by molar-refractivity contribution is -0.215. The van der Waals surface area contributed by atoms with E-state index in [4.69, 9.17) is 0 Å². The van der Waals surface area contributed by atoms with E-state index in [1.807, 2.05) is 0 Å². The standard InChI is InChI=1S/C4H7NO3/c1-3(6)5-4(7)8-2/h1-2H3,(H,5,6,7)/p-1. The Morgan fingerprint density at radius 3 is 2.38 bits per heavy atom. The van der Waals surface area contributed by atoms with Crippen molar-refractivity contribution in [3.05, 3.63) is 0 Å². The van der Waals surface area contributed by atoms with Crippen molar-refractivity contribution < 1.29 is 14.6 Å². The third-order valence-corrected chi connectivity index (χ3v) is 0.423. The van der Waals surface area contributed by atoms with Crippen LogP contribution < -0.4 is 5.11 Å². The second kappa shape index (κ2) is 3.01. The highest BCUT2D eigenvalue weighted by Gasteiger charge is 1.88. The normalized spacial score (nSPS) is 11.0. The molecule has 0 spiro atoms. The van der Waals surface area contributed by atoms with Crippen LogP contribution in [0.1, 0.15) is 6.92 Å². The van der Waals surface area contributed by atoms with Crippen molar-refractivity contribution >= 4 is 12.0 Å². The van der Waals surface area contributed by atoms with Gasteiger partial charge in [0.1, 0.15) is 0 Å². The third kappa shape index (κ3) is 3.14. The summed E-state index contributed by atoms with van der Waals surface area (Å²) in [6, 6.07) is 0. The number of hydrogen-bond acceptors (Lipinski definition) is 3. The number of carbonyl (C=O) groups excluding carboxylic acids is 1. The number of rotatable bonds is 0. The van der Waals surface area contributed by atoms with Crippen LogP contribution in [0.2, 0.25) is 0 Å². The Kier molecular flexibility index (Phi) is 2.61. The summed E-state index contributed by atoms with van der Waals surface area (Å²) in [6.45, 7) is 1.18. The number of carbonyl (C=O) groups is 1. The van der Waals surface area contributed by atoms with Crippen LogP contribution in [0.3, 0.4) is 0 Å². The second-order valence-electron chi connectivity index (χ2n) is 1.10. The highest BCUT2D eigenvalue weighted by Crippen LogP contribution is 1.77. The fourth-order valence-corrected chi connectivity index (χ4v) is 0.174. The molecule has 0 aliphatic rings. The third-order valence-electron chi connectivity index (χ3n) is 0.423. The molecule has 0 radical (unpaired) electrons. The molecule has 0 N–H and O–H groups in total. The molecule has 0 bridgehead atoms. The average Bonchev–Trinajstić information content (AvgIpc) is 1.65. The molecule has 1 amide bonds. The monoisotopic (exact) mass is 116 g/mol. The van der Waals surface area contributed by atoms with Crippen LogP contribution in [0.15, 0.2) is 4.99 Å². The maximum absolute atomic E-state index is 10.0. The van der Waals surface area contributed by atoms with Gasteiger partial charge < -0.3 is 9.84 Å². The Bertz CT molecular complexity index is 114. The Hall–Kier alpha value is -1.06. The number of amides is 1. The molecule has 46 valence electrons. The van der Waals surface area contributed by atoms with Gasteiger partial charge in [-0.3, -0.25) is 0 Å². The molecule has 0 atom stereocenters. The summed E-state index contributed by atoms with van der Waals surface area (Å²) in [5, 5.41) is 9.95. The van der Waals surface area contributed by atoms with Gasteiger partial charge in [-0.1, -0.05) is 0 Å². The van der Waals surface area contributed by atoms with Crippen molar-refractivity contribution in [3.8, 4) is 0 Å². The Morgan fingerprint density at radius 2 is 2.25 bits per heavy atom. The molecule has 4 nitrogen and oxygen atoms in total. The van der Waals surface area contributed by atoms with Gasteiger partial charge in [-0.05, 0) is 12.8 Å². The van der Waals surface area contributed by atoms with Gasteiger partial charge in [-0.25, -0.2) is 4.79 Å². The molecule has 0 unspecified atom stereocenters. The lowest BCUT2D eigenvalue weighted by Gasteiger charge is -1.98. The van der Waals surface area contributed by atoms with E-state index in [2.05, 4.69) is 9.73 Å². The first-order valence-corrected chi connectivity index (χ1v) is 1.97. The summed E-state index contributed by atoms with van der Waals surface area (Å²) in [5.74, 6) is -0.545. The van der Waals surface area contributed by atoms with Crippen LogP contribution in [-0.4, -0.2) is 19.1 Å². The van der Waals surface area contributed by atoms with Crippen molar-refractivity contribution in [2.24, 2.45) is 4.99 Å². The predicted octanol–water partition coefficient (Wildman–Crippen LogP) is -0.469. The Morgan fingerprint density at radius 1 is 1.75 bits per heavy atom. The maximum Gasteiger partial charge on any atom is 0.432 e. The molecule has 0 aliphatic heterocycles. The summed E-state index contributed by atoms with van der Waals surface area (Å²) in [5.41, 5.74) is 0. The van der Waals surface area contributed by atoms with Gasteiger partial charge in [0, 0.05) is 0 Å². The zero-order chi connectivity index (χ0) is 6.57. The van der Waals surface area contributed by atoms with E-state index < -0.39 is 12.0 Å². The van der Waals surface area contributed by atoms with Crippen molar-refractivity contribution in [3.63, 3.8) is 0 Å². The topological polar surface area (TPSA) is 61.7 Å². The van der Waals surface area contributed by atoms with Crippen molar-refractivity contribution in [2.75, 3.05) is 7.11 Å². The number of methoxy groups -OCH3 is 1. The average molecular weight is 116 g/mol. The summed E-state index contributed by atoms with van der Waals surface area (Å²) in [7, 11) is 1.16. The lowest BCUT2D eigenvalue weighted by Crippen LogP contribution is -2.14. The Balaban J connectivity index is 3.70. The smallest absolute Gasteiger partial charge is 0.432 e. The van der Waals surface area contributed by atoms with E-state index in [9.17, 15) is 9.90 Å². The SMILES string of the molecule is COC(=O)/N=C(/C)[O-]. The quantitative estimate of drug-likeness (QED) is 0.317. The maximum atomic E-state index is 10.0. The number of nitrogens with zero attached hydrogens (tertiary/aromatic N) is 1. The van der Waals surface area contributed by atoms with Crippen LogP contribution >= 0.6 is 0 Å². The molecular weight excluding hydrogens is 110 g/mol. The van der Waals surface area contributed by atoms with E-state index in [1.54, 1.807) is 0 Å². The van der Waals surface area contributed by atoms with E-state index in [0.717, 1.165) is 7.11 Å². The molecule has 0 aliphatic carbocycles. The van der Waals surface area contributed by atoms with Gasteiger partial charge in [-0.15, -0.1) is 0 Å². The van der Waals surface area contributed by atoms with Gasteiger partial charge in [0.25, 0.3) is 0 Å². The summed E-state index contributed by atoms with van der Waals surface area (Å²) in [6.07, 6.45) is -0.850. The number of ether oxygens (including phenoxy) is 1. The molecule has 0 aromatic carbocycles. The zero-order valence-electron chi connectivity index (χ0n) is 4.67. The molecule has 0 aromatic rings. The summed E-state index contributed by atoms with van der Waals surface area (Å²) in [4.78, 5) is 12.9. The largest absolute Gasteiger partial charge is 0.862 e. The molecule has 4 heteroatoms. The van der Waals surface area contributed by atoms with Gasteiger partial charge >= 0.3 is 6.09 Å². The van der Waals surface area contributed by atoms with Gasteiger partial charge in [0.15, 0.2) is 0 Å². The first kappa shape index (κ1) is 6.94. The van der Waals surface area contributed by atoms with Crippen LogP contribution in [0.5, 0.6) is 0 Å². The molecule has 0 rings (SSSR count). The van der Waals surface area contributed by atoms with Gasteiger partial charge in [0.05, 0.1) is 7.11 Å². The van der Waals surface area contributed by atoms with Crippen LogP contribution in [0.4, 0.5) is 4.79 Å². The van der Waals surface area contributed by atoms with E-state index in [0.29, 0.717) is 0 Å². The minimum absolute atomic E-state index is 0.545. The molecule has 0 saturated carbocycles. The molecule has 0 saturated heterocycles. The Labute approximate surface area is 46.8 Å². The van der Waals surface area contributed by atoms with Crippen LogP contribution in [-0.2, 0) is 4.74 Å². The first-order chi connectivity index (χ1) is 3.66. The molecule has 0 heterocycles. The van der Waals surface area contributed by atoms with E-state index in [-0.39, 0.29) is 0 Å². The minimum atomic E-state index is -0.850. The fourth-order valence-electron chi connectivity index (χ4n) is 0.174. The number of aliphatic imine (C=N–C) groups is 1. The molecular formula is C4H6NO3-. The molecule has 0 aromatic heterocycles. The minimum Gasteiger partial charge on any atom is -0.862 e. The highest BCUT2D eigenvalue weighted by molar-refractivity contribution is 5.83. The van der Waals surface area contributed by atoms with Gasteiger partial charge in [-0.2, -0.15) is 4.99 Å².